The van der Waals surface area contributed by atoms with E-state index in [1.165, 1.54) is 0 Å². The summed E-state index contributed by atoms with van der Waals surface area (Å²) in [6.07, 6.45) is 5.78. The number of pyridine rings is 1. The van der Waals surface area contributed by atoms with Crippen molar-refractivity contribution in [3.8, 4) is 0 Å². The minimum Gasteiger partial charge on any atom is -0.481 e. The van der Waals surface area contributed by atoms with Gasteiger partial charge in [0.25, 0.3) is 5.56 Å². The van der Waals surface area contributed by atoms with Crippen molar-refractivity contribution < 1.29 is 14.7 Å². The average Bonchev–Trinajstić information content (AvgIpc) is 3.23. The number of carbonyl (C=O) groups excluding carboxylic acids is 1. The van der Waals surface area contributed by atoms with Crippen molar-refractivity contribution in [1.82, 2.24) is 9.47 Å². The van der Waals surface area contributed by atoms with Crippen LogP contribution in [-0.4, -0.2) is 39.5 Å². The van der Waals surface area contributed by atoms with Crippen LogP contribution in [0.25, 0.3) is 0 Å². The molecular weight excluding hydrogens is 332 g/mol. The number of carboxylic acids is 1. The highest BCUT2D eigenvalue weighted by Crippen LogP contribution is 2.49. The van der Waals surface area contributed by atoms with E-state index in [1.54, 1.807) is 12.1 Å². The molecule has 3 heterocycles. The van der Waals surface area contributed by atoms with E-state index < -0.39 is 17.8 Å². The number of aromatic nitrogens is 1. The van der Waals surface area contributed by atoms with Crippen LogP contribution in [-0.2, 0) is 16.1 Å². The number of rotatable bonds is 2. The van der Waals surface area contributed by atoms with Gasteiger partial charge < -0.3 is 14.6 Å². The Labute approximate surface area is 151 Å². The molecule has 1 amide bonds. The van der Waals surface area contributed by atoms with Gasteiger partial charge >= 0.3 is 5.97 Å². The third kappa shape index (κ3) is 2.20. The van der Waals surface area contributed by atoms with Gasteiger partial charge in [0, 0.05) is 37.3 Å². The maximum absolute atomic E-state index is 13.3. The van der Waals surface area contributed by atoms with E-state index in [-0.39, 0.29) is 35.1 Å². The Morgan fingerprint density at radius 3 is 2.54 bits per heavy atom. The largest absolute Gasteiger partial charge is 0.481 e. The monoisotopic (exact) mass is 354 g/mol. The highest BCUT2D eigenvalue weighted by atomic mass is 16.4. The topological polar surface area (TPSA) is 79.6 Å². The molecule has 26 heavy (non-hydrogen) atoms. The van der Waals surface area contributed by atoms with Crippen molar-refractivity contribution in [3.63, 3.8) is 0 Å². The predicted molar refractivity (Wildman–Crippen MR) is 93.5 cm³/mol. The van der Waals surface area contributed by atoms with Crippen molar-refractivity contribution in [1.29, 1.82) is 0 Å². The van der Waals surface area contributed by atoms with Gasteiger partial charge in [0.1, 0.15) is 0 Å². The lowest BCUT2D eigenvalue weighted by Crippen LogP contribution is -2.52. The number of hydrogen-bond donors (Lipinski definition) is 1. The molecule has 6 nitrogen and oxygen atoms in total. The van der Waals surface area contributed by atoms with Gasteiger partial charge in [-0.15, -0.1) is 0 Å². The quantitative estimate of drug-likeness (QED) is 0.813. The van der Waals surface area contributed by atoms with Gasteiger partial charge in [-0.05, 0) is 36.7 Å². The zero-order chi connectivity index (χ0) is 18.0. The van der Waals surface area contributed by atoms with Gasteiger partial charge in [-0.25, -0.2) is 0 Å². The highest BCUT2D eigenvalue weighted by molar-refractivity contribution is 5.87. The lowest BCUT2D eigenvalue weighted by atomic mass is 9.79. The molecular formula is C20H22N2O4. The molecule has 1 saturated carbocycles. The number of aliphatic carboxylic acids is 1. The van der Waals surface area contributed by atoms with Crippen LogP contribution in [0.3, 0.4) is 0 Å². The third-order valence-corrected chi connectivity index (χ3v) is 6.82. The maximum atomic E-state index is 13.3. The fourth-order valence-corrected chi connectivity index (χ4v) is 5.78. The number of likely N-dealkylation sites (tertiary alicyclic amines) is 1. The Morgan fingerprint density at radius 2 is 1.77 bits per heavy atom. The van der Waals surface area contributed by atoms with Crippen LogP contribution >= 0.6 is 0 Å². The van der Waals surface area contributed by atoms with E-state index in [4.69, 9.17) is 0 Å². The Balaban J connectivity index is 1.42. The van der Waals surface area contributed by atoms with Gasteiger partial charge in [-0.1, -0.05) is 18.2 Å². The van der Waals surface area contributed by atoms with Gasteiger partial charge in [-0.2, -0.15) is 0 Å². The molecule has 1 N–H and O–H groups in total. The molecule has 1 aromatic heterocycles. The molecule has 6 atom stereocenters. The van der Waals surface area contributed by atoms with E-state index in [9.17, 15) is 19.5 Å². The molecule has 6 unspecified atom stereocenters. The summed E-state index contributed by atoms with van der Waals surface area (Å²) in [7, 11) is 0. The van der Waals surface area contributed by atoms with E-state index in [1.807, 2.05) is 27.7 Å². The predicted octanol–water partition coefficient (Wildman–Crippen LogP) is 1.32. The number of carboxylic acid groups (broad SMARTS) is 1. The number of allylic oxidation sites excluding steroid dienone is 2. The number of piperidine rings is 1. The SMILES string of the molecule is O=C(O)C1C2C=CC(C2)C1C(=O)N1CC2CC(C1)c1cccc(=O)n1C2. The first-order valence-electron chi connectivity index (χ1n) is 9.42. The lowest BCUT2D eigenvalue weighted by molar-refractivity contribution is -0.152. The number of hydrogen-bond acceptors (Lipinski definition) is 3. The zero-order valence-electron chi connectivity index (χ0n) is 14.5. The van der Waals surface area contributed by atoms with E-state index in [0.29, 0.717) is 19.6 Å². The Morgan fingerprint density at radius 1 is 1.00 bits per heavy atom. The summed E-state index contributed by atoms with van der Waals surface area (Å²) in [4.78, 5) is 39.0. The zero-order valence-corrected chi connectivity index (χ0v) is 14.5. The highest BCUT2D eigenvalue weighted by Gasteiger charge is 2.53. The molecule has 6 heteroatoms. The molecule has 0 aromatic carbocycles. The van der Waals surface area contributed by atoms with Crippen LogP contribution in [0, 0.1) is 29.6 Å². The standard InChI is InChI=1S/C20H22N2O4/c23-16-3-1-2-15-14-6-11(9-22(15)16)8-21(10-14)19(24)17-12-4-5-13(7-12)18(17)20(25)26/h1-5,11-14,17-18H,6-10H2,(H,25,26). The maximum Gasteiger partial charge on any atom is 0.307 e. The van der Waals surface area contributed by atoms with Crippen molar-refractivity contribution in [3.05, 3.63) is 46.4 Å². The molecule has 2 fully saturated rings. The van der Waals surface area contributed by atoms with Gasteiger partial charge in [0.2, 0.25) is 5.91 Å². The summed E-state index contributed by atoms with van der Waals surface area (Å²) < 4.78 is 1.85. The second-order valence-electron chi connectivity index (χ2n) is 8.28. The minimum atomic E-state index is -0.852. The lowest BCUT2D eigenvalue weighted by Gasteiger charge is -2.44. The third-order valence-electron chi connectivity index (χ3n) is 6.82. The Hall–Kier alpha value is -2.37. The number of amides is 1. The molecule has 4 bridgehead atoms. The van der Waals surface area contributed by atoms with Crippen LogP contribution in [0.5, 0.6) is 0 Å². The molecule has 2 aliphatic carbocycles. The van der Waals surface area contributed by atoms with Crippen LogP contribution in [0.2, 0.25) is 0 Å². The molecule has 2 aliphatic heterocycles. The summed E-state index contributed by atoms with van der Waals surface area (Å²) in [5.74, 6) is -1.39. The smallest absolute Gasteiger partial charge is 0.307 e. The van der Waals surface area contributed by atoms with Crippen LogP contribution in [0.15, 0.2) is 35.1 Å². The summed E-state index contributed by atoms with van der Waals surface area (Å²) in [5, 5.41) is 9.63. The molecule has 5 rings (SSSR count). The van der Waals surface area contributed by atoms with Crippen molar-refractivity contribution in [2.24, 2.45) is 29.6 Å². The fourth-order valence-electron chi connectivity index (χ4n) is 5.78. The molecule has 4 aliphatic rings. The minimum absolute atomic E-state index is 0.00400. The van der Waals surface area contributed by atoms with Crippen molar-refractivity contribution in [2.45, 2.75) is 25.3 Å². The van der Waals surface area contributed by atoms with Crippen LogP contribution < -0.4 is 5.56 Å². The number of carbonyl (C=O) groups is 2. The molecule has 0 spiro atoms. The molecule has 1 saturated heterocycles. The first-order chi connectivity index (χ1) is 12.5. The van der Waals surface area contributed by atoms with E-state index in [2.05, 4.69) is 0 Å². The summed E-state index contributed by atoms with van der Waals surface area (Å²) in [6, 6.07) is 5.36. The van der Waals surface area contributed by atoms with Gasteiger partial charge in [-0.3, -0.25) is 14.4 Å². The molecule has 136 valence electrons. The Kier molecular flexibility index (Phi) is 3.39. The van der Waals surface area contributed by atoms with Gasteiger partial charge in [0.05, 0.1) is 11.8 Å². The molecule has 0 radical (unpaired) electrons. The average molecular weight is 354 g/mol. The summed E-state index contributed by atoms with van der Waals surface area (Å²) in [6.45, 7) is 1.86. The fraction of sp³-hybridized carbons (Fsp3) is 0.550. The van der Waals surface area contributed by atoms with E-state index in [0.717, 1.165) is 18.5 Å². The van der Waals surface area contributed by atoms with E-state index >= 15 is 0 Å². The van der Waals surface area contributed by atoms with Gasteiger partial charge in [0.15, 0.2) is 0 Å². The number of nitrogens with zero attached hydrogens (tertiary/aromatic N) is 2. The van der Waals surface area contributed by atoms with Crippen molar-refractivity contribution in [2.75, 3.05) is 13.1 Å². The summed E-state index contributed by atoms with van der Waals surface area (Å²) >= 11 is 0. The second-order valence-corrected chi connectivity index (χ2v) is 8.28. The number of fused-ring (bicyclic) bond motifs is 6. The second kappa shape index (κ2) is 5.56. The first kappa shape index (κ1) is 15.9. The first-order valence-corrected chi connectivity index (χ1v) is 9.42. The van der Waals surface area contributed by atoms with Crippen LogP contribution in [0.1, 0.15) is 24.5 Å². The van der Waals surface area contributed by atoms with Crippen molar-refractivity contribution >= 4 is 11.9 Å². The van der Waals surface area contributed by atoms with Crippen LogP contribution in [0.4, 0.5) is 0 Å². The normalized spacial score (nSPS) is 36.8. The summed E-state index contributed by atoms with van der Waals surface area (Å²) in [5.41, 5.74) is 1.04. The molecule has 1 aromatic rings. The Bertz CT molecular complexity index is 873.